The van der Waals surface area contributed by atoms with Gasteiger partial charge in [-0.05, 0) is 60.8 Å². The minimum atomic E-state index is -0.560. The van der Waals surface area contributed by atoms with E-state index in [1.54, 1.807) is 0 Å². The van der Waals surface area contributed by atoms with Crippen LogP contribution in [-0.4, -0.2) is 19.4 Å². The van der Waals surface area contributed by atoms with E-state index in [-0.39, 0.29) is 0 Å². The molecule has 0 amide bonds. The summed E-state index contributed by atoms with van der Waals surface area (Å²) < 4.78 is 10.7. The molecule has 0 spiro atoms. The van der Waals surface area contributed by atoms with Crippen LogP contribution < -0.4 is 0 Å². The molecule has 38 heavy (non-hydrogen) atoms. The van der Waals surface area contributed by atoms with Crippen molar-refractivity contribution in [2.45, 2.75) is 50.4 Å². The monoisotopic (exact) mass is 506 g/mol. The molecule has 0 N–H and O–H groups in total. The number of carbonyl (C=O) groups excluding carboxylic acids is 1. The molecule has 196 valence electrons. The highest BCUT2D eigenvalue weighted by atomic mass is 16.7. The topological polar surface area (TPSA) is 35.5 Å². The summed E-state index contributed by atoms with van der Waals surface area (Å²) in [5, 5.41) is 0. The predicted molar refractivity (Wildman–Crippen MR) is 154 cm³/mol. The second kappa shape index (κ2) is 15.4. The van der Waals surface area contributed by atoms with Gasteiger partial charge in [0.1, 0.15) is 0 Å². The van der Waals surface area contributed by atoms with Crippen LogP contribution in [0.1, 0.15) is 72.6 Å². The van der Waals surface area contributed by atoms with Crippen LogP contribution in [0.5, 0.6) is 0 Å². The molecule has 0 aromatic heterocycles. The van der Waals surface area contributed by atoms with E-state index in [0.717, 1.165) is 38.5 Å². The van der Waals surface area contributed by atoms with E-state index in [2.05, 4.69) is 121 Å². The van der Waals surface area contributed by atoms with Gasteiger partial charge in [0.05, 0.1) is 13.2 Å². The van der Waals surface area contributed by atoms with Crippen molar-refractivity contribution < 1.29 is 14.3 Å². The Morgan fingerprint density at radius 3 is 1.03 bits per heavy atom. The summed E-state index contributed by atoms with van der Waals surface area (Å²) in [6.45, 7) is 0.776. The van der Waals surface area contributed by atoms with Crippen molar-refractivity contribution in [2.24, 2.45) is 0 Å². The molecule has 0 fully saturated rings. The lowest BCUT2D eigenvalue weighted by Crippen LogP contribution is -2.10. The Morgan fingerprint density at radius 1 is 0.447 bits per heavy atom. The number of hydrogen-bond acceptors (Lipinski definition) is 3. The van der Waals surface area contributed by atoms with Gasteiger partial charge in [-0.3, -0.25) is 0 Å². The fraction of sp³-hybridized carbons (Fsp3) is 0.286. The third-order valence-electron chi connectivity index (χ3n) is 7.02. The molecule has 0 radical (unpaired) electrons. The first kappa shape index (κ1) is 27.2. The number of rotatable bonds is 14. The second-order valence-corrected chi connectivity index (χ2v) is 9.69. The maximum atomic E-state index is 12.1. The molecule has 4 rings (SSSR count). The first-order valence-electron chi connectivity index (χ1n) is 13.8. The quantitative estimate of drug-likeness (QED) is 0.126. The highest BCUT2D eigenvalue weighted by Gasteiger charge is 2.15. The van der Waals surface area contributed by atoms with Crippen LogP contribution in [-0.2, 0) is 9.47 Å². The average molecular weight is 507 g/mol. The van der Waals surface area contributed by atoms with Crippen molar-refractivity contribution in [3.05, 3.63) is 144 Å². The van der Waals surface area contributed by atoms with E-state index in [9.17, 15) is 4.79 Å². The van der Waals surface area contributed by atoms with Crippen molar-refractivity contribution in [2.75, 3.05) is 13.2 Å². The molecular weight excluding hydrogens is 468 g/mol. The Kier molecular flexibility index (Phi) is 11.0. The number of ether oxygens (including phenoxy) is 2. The third-order valence-corrected chi connectivity index (χ3v) is 7.02. The van der Waals surface area contributed by atoms with Crippen LogP contribution >= 0.6 is 0 Å². The van der Waals surface area contributed by atoms with Crippen molar-refractivity contribution in [3.8, 4) is 0 Å². The summed E-state index contributed by atoms with van der Waals surface area (Å²) in [6, 6.07) is 42.4. The standard InChI is InChI=1S/C35H38O3/c36-35(37-27-15-13-25-33(29-17-5-1-6-18-29)30-19-7-2-8-20-30)38-28-16-14-26-34(31-21-9-3-10-22-31)32-23-11-4-12-24-32/h1-12,17-24,33-34H,13-16,25-28H2. The van der Waals surface area contributed by atoms with Crippen LogP contribution in [0.4, 0.5) is 4.79 Å². The van der Waals surface area contributed by atoms with Crippen LogP contribution in [0.3, 0.4) is 0 Å². The van der Waals surface area contributed by atoms with Gasteiger partial charge in [0.25, 0.3) is 0 Å². The van der Waals surface area contributed by atoms with Gasteiger partial charge in [0, 0.05) is 11.8 Å². The molecule has 0 saturated carbocycles. The maximum Gasteiger partial charge on any atom is 0.508 e. The van der Waals surface area contributed by atoms with Crippen LogP contribution in [0.25, 0.3) is 0 Å². The fourth-order valence-electron chi connectivity index (χ4n) is 5.05. The van der Waals surface area contributed by atoms with Crippen molar-refractivity contribution in [1.29, 1.82) is 0 Å². The Bertz CT molecular complexity index is 1000. The Labute approximate surface area is 227 Å². The summed E-state index contributed by atoms with van der Waals surface area (Å²) >= 11 is 0. The average Bonchev–Trinajstić information content (AvgIpc) is 2.98. The molecule has 0 aliphatic carbocycles. The van der Waals surface area contributed by atoms with E-state index < -0.39 is 6.16 Å². The van der Waals surface area contributed by atoms with Gasteiger partial charge >= 0.3 is 6.16 Å². The summed E-state index contributed by atoms with van der Waals surface area (Å²) in [5.41, 5.74) is 5.28. The molecule has 0 bridgehead atoms. The van der Waals surface area contributed by atoms with Gasteiger partial charge in [0.15, 0.2) is 0 Å². The summed E-state index contributed by atoms with van der Waals surface area (Å²) in [5.74, 6) is 0.694. The Balaban J connectivity index is 1.13. The molecule has 0 saturated heterocycles. The zero-order valence-electron chi connectivity index (χ0n) is 22.1. The van der Waals surface area contributed by atoms with Gasteiger partial charge < -0.3 is 9.47 Å². The lowest BCUT2D eigenvalue weighted by Gasteiger charge is -2.18. The van der Waals surface area contributed by atoms with Crippen molar-refractivity contribution in [3.63, 3.8) is 0 Å². The summed E-state index contributed by atoms with van der Waals surface area (Å²) in [4.78, 5) is 12.1. The number of carbonyl (C=O) groups is 1. The van der Waals surface area contributed by atoms with Gasteiger partial charge in [-0.1, -0.05) is 121 Å². The second-order valence-electron chi connectivity index (χ2n) is 9.69. The highest BCUT2D eigenvalue weighted by Crippen LogP contribution is 2.30. The largest absolute Gasteiger partial charge is 0.508 e. The van der Waals surface area contributed by atoms with Gasteiger partial charge in [-0.25, -0.2) is 4.79 Å². The van der Waals surface area contributed by atoms with E-state index in [4.69, 9.17) is 9.47 Å². The van der Waals surface area contributed by atoms with E-state index in [1.807, 2.05) is 0 Å². The lowest BCUT2D eigenvalue weighted by atomic mass is 9.87. The SMILES string of the molecule is O=C(OCCCCC(c1ccccc1)c1ccccc1)OCCCCC(c1ccccc1)c1ccccc1. The Morgan fingerprint density at radius 2 is 0.737 bits per heavy atom. The minimum absolute atomic E-state index is 0.347. The first-order chi connectivity index (χ1) is 18.8. The Hall–Kier alpha value is -3.85. The summed E-state index contributed by atoms with van der Waals surface area (Å²) in [7, 11) is 0. The molecule has 0 aliphatic heterocycles. The zero-order chi connectivity index (χ0) is 26.3. The highest BCUT2D eigenvalue weighted by molar-refractivity contribution is 5.59. The van der Waals surface area contributed by atoms with Crippen LogP contribution in [0.15, 0.2) is 121 Å². The van der Waals surface area contributed by atoms with Gasteiger partial charge in [0.2, 0.25) is 0 Å². The molecule has 3 nitrogen and oxygen atoms in total. The van der Waals surface area contributed by atoms with Gasteiger partial charge in [-0.2, -0.15) is 0 Å². The normalized spacial score (nSPS) is 11.0. The maximum absolute atomic E-state index is 12.1. The lowest BCUT2D eigenvalue weighted by molar-refractivity contribution is 0.0528. The minimum Gasteiger partial charge on any atom is -0.434 e. The molecule has 0 atom stereocenters. The molecule has 0 aliphatic rings. The van der Waals surface area contributed by atoms with Crippen molar-refractivity contribution in [1.82, 2.24) is 0 Å². The predicted octanol–water partition coefficient (Wildman–Crippen LogP) is 9.14. The van der Waals surface area contributed by atoms with Gasteiger partial charge in [-0.15, -0.1) is 0 Å². The molecular formula is C35H38O3. The fourth-order valence-corrected chi connectivity index (χ4v) is 5.05. The summed E-state index contributed by atoms with van der Waals surface area (Å²) in [6.07, 6.45) is 5.05. The zero-order valence-corrected chi connectivity index (χ0v) is 22.1. The number of benzene rings is 4. The number of unbranched alkanes of at least 4 members (excludes halogenated alkanes) is 2. The third kappa shape index (κ3) is 8.62. The van der Waals surface area contributed by atoms with Crippen LogP contribution in [0, 0.1) is 0 Å². The van der Waals surface area contributed by atoms with Crippen LogP contribution in [0.2, 0.25) is 0 Å². The first-order valence-corrected chi connectivity index (χ1v) is 13.8. The van der Waals surface area contributed by atoms with E-state index in [0.29, 0.717) is 25.0 Å². The molecule has 3 heteroatoms. The molecule has 4 aromatic carbocycles. The van der Waals surface area contributed by atoms with Crippen molar-refractivity contribution >= 4 is 6.16 Å². The number of hydrogen-bond donors (Lipinski definition) is 0. The smallest absolute Gasteiger partial charge is 0.434 e. The van der Waals surface area contributed by atoms with E-state index >= 15 is 0 Å². The molecule has 0 heterocycles. The van der Waals surface area contributed by atoms with E-state index in [1.165, 1.54) is 22.3 Å². The molecule has 0 unspecified atom stereocenters. The molecule has 4 aromatic rings.